The van der Waals surface area contributed by atoms with Crippen LogP contribution in [-0.4, -0.2) is 55.5 Å². The van der Waals surface area contributed by atoms with Gasteiger partial charge in [0.05, 0.1) is 26.1 Å². The highest BCUT2D eigenvalue weighted by Gasteiger charge is 2.33. The van der Waals surface area contributed by atoms with E-state index in [4.69, 9.17) is 4.74 Å². The first-order valence-electron chi connectivity index (χ1n) is 11.3. The van der Waals surface area contributed by atoms with Gasteiger partial charge in [0.1, 0.15) is 19.3 Å². The Morgan fingerprint density at radius 3 is 2.34 bits per heavy atom. The minimum absolute atomic E-state index is 0.0705. The minimum atomic E-state index is -0.632. The first-order chi connectivity index (χ1) is 13.6. The molecular formula is C25H44NO3+. The molecule has 1 N–H and O–H groups in total. The molecule has 0 aliphatic rings. The van der Waals surface area contributed by atoms with Crippen LogP contribution in [0.5, 0.6) is 0 Å². The van der Waals surface area contributed by atoms with Crippen LogP contribution in [-0.2, 0) is 9.53 Å². The maximum Gasteiger partial charge on any atom is 0.311 e. The molecule has 1 rings (SSSR count). The normalized spacial score (nSPS) is 14.4. The van der Waals surface area contributed by atoms with E-state index in [1.807, 2.05) is 32.0 Å². The number of carbonyl (C=O) groups excluding carboxylic acids is 1. The summed E-state index contributed by atoms with van der Waals surface area (Å²) in [7, 11) is 4.26. The van der Waals surface area contributed by atoms with E-state index >= 15 is 0 Å². The summed E-state index contributed by atoms with van der Waals surface area (Å²) in [4.78, 5) is 12.7. The smallest absolute Gasteiger partial charge is 0.311 e. The van der Waals surface area contributed by atoms with Crippen molar-refractivity contribution >= 4 is 5.97 Å². The Balaban J connectivity index is 2.50. The van der Waals surface area contributed by atoms with Crippen molar-refractivity contribution in [1.82, 2.24) is 0 Å². The molecule has 29 heavy (non-hydrogen) atoms. The quantitative estimate of drug-likeness (QED) is 0.264. The molecule has 4 heteroatoms. The molecule has 0 saturated heterocycles. The van der Waals surface area contributed by atoms with Crippen molar-refractivity contribution in [2.75, 3.05) is 33.8 Å². The average molecular weight is 407 g/mol. The fourth-order valence-electron chi connectivity index (χ4n) is 3.97. The van der Waals surface area contributed by atoms with Gasteiger partial charge in [-0.3, -0.25) is 4.79 Å². The summed E-state index contributed by atoms with van der Waals surface area (Å²) in [5, 5.41) is 10.4. The lowest BCUT2D eigenvalue weighted by Crippen LogP contribution is -2.47. The number of aliphatic hydroxyl groups is 1. The van der Waals surface area contributed by atoms with Gasteiger partial charge in [-0.15, -0.1) is 0 Å². The van der Waals surface area contributed by atoms with Crippen LogP contribution in [0.15, 0.2) is 30.3 Å². The number of rotatable bonds is 14. The zero-order chi connectivity index (χ0) is 21.9. The third-order valence-corrected chi connectivity index (χ3v) is 5.80. The van der Waals surface area contributed by atoms with Crippen LogP contribution >= 0.6 is 0 Å². The molecule has 0 amide bonds. The first kappa shape index (κ1) is 25.6. The molecule has 0 bridgehead atoms. The van der Waals surface area contributed by atoms with Crippen LogP contribution in [0.3, 0.4) is 0 Å². The summed E-state index contributed by atoms with van der Waals surface area (Å²) >= 11 is 0. The van der Waals surface area contributed by atoms with Crippen molar-refractivity contribution in [2.24, 2.45) is 5.41 Å². The summed E-state index contributed by atoms with van der Waals surface area (Å²) < 4.78 is 6.29. The van der Waals surface area contributed by atoms with E-state index < -0.39 is 11.5 Å². The molecule has 0 spiro atoms. The van der Waals surface area contributed by atoms with Gasteiger partial charge in [0.2, 0.25) is 0 Å². The number of benzene rings is 1. The van der Waals surface area contributed by atoms with Gasteiger partial charge < -0.3 is 14.3 Å². The van der Waals surface area contributed by atoms with E-state index in [2.05, 4.69) is 40.1 Å². The highest BCUT2D eigenvalue weighted by Crippen LogP contribution is 2.34. The van der Waals surface area contributed by atoms with Gasteiger partial charge in [-0.2, -0.15) is 0 Å². The van der Waals surface area contributed by atoms with Crippen LogP contribution in [0.1, 0.15) is 77.7 Å². The van der Waals surface area contributed by atoms with Crippen LogP contribution in [0, 0.1) is 5.41 Å². The Kier molecular flexibility index (Phi) is 10.9. The fourth-order valence-corrected chi connectivity index (χ4v) is 3.97. The maximum atomic E-state index is 12.7. The van der Waals surface area contributed by atoms with E-state index in [1.54, 1.807) is 0 Å². The lowest BCUT2D eigenvalue weighted by molar-refractivity contribution is -0.893. The third kappa shape index (κ3) is 9.77. The molecule has 4 nitrogen and oxygen atoms in total. The molecule has 1 aromatic carbocycles. The van der Waals surface area contributed by atoms with Gasteiger partial charge in [-0.05, 0) is 51.0 Å². The van der Waals surface area contributed by atoms with Crippen molar-refractivity contribution in [3.8, 4) is 0 Å². The Morgan fingerprint density at radius 1 is 1.10 bits per heavy atom. The van der Waals surface area contributed by atoms with E-state index in [9.17, 15) is 9.90 Å². The Labute approximate surface area is 178 Å². The van der Waals surface area contributed by atoms with Gasteiger partial charge in [-0.1, -0.05) is 57.0 Å². The SMILES string of the molecule is CCCCCC[N+](C)(C)CC(O)COC(=O)C(C)(C)CC(CC)c1ccccc1. The van der Waals surface area contributed by atoms with Crippen LogP contribution in [0.25, 0.3) is 0 Å². The van der Waals surface area contributed by atoms with E-state index in [0.717, 1.165) is 30.3 Å². The predicted molar refractivity (Wildman–Crippen MR) is 121 cm³/mol. The molecule has 0 aromatic heterocycles. The number of hydrogen-bond donors (Lipinski definition) is 1. The minimum Gasteiger partial charge on any atom is -0.462 e. The standard InChI is InChI=1S/C25H44NO3/c1-7-9-10-14-17-26(5,6)19-23(27)20-29-24(28)25(3,4)18-21(8-2)22-15-12-11-13-16-22/h11-13,15-16,21,23,27H,7-10,14,17-20H2,1-6H3/q+1. The number of nitrogens with zero attached hydrogens (tertiary/aromatic N) is 1. The van der Waals surface area contributed by atoms with Gasteiger partial charge >= 0.3 is 5.97 Å². The molecule has 2 unspecified atom stereocenters. The number of quaternary nitrogens is 1. The molecule has 0 saturated carbocycles. The van der Waals surface area contributed by atoms with Gasteiger partial charge in [0.25, 0.3) is 0 Å². The summed E-state index contributed by atoms with van der Waals surface area (Å²) in [6, 6.07) is 10.4. The van der Waals surface area contributed by atoms with Gasteiger partial charge in [-0.25, -0.2) is 0 Å². The predicted octanol–water partition coefficient (Wildman–Crippen LogP) is 5.16. The Hall–Kier alpha value is -1.39. The second-order valence-electron chi connectivity index (χ2n) is 9.76. The molecule has 0 radical (unpaired) electrons. The second kappa shape index (κ2) is 12.3. The first-order valence-corrected chi connectivity index (χ1v) is 11.3. The molecule has 166 valence electrons. The summed E-state index contributed by atoms with van der Waals surface area (Å²) in [6.45, 7) is 9.96. The van der Waals surface area contributed by atoms with Crippen molar-refractivity contribution < 1.29 is 19.1 Å². The van der Waals surface area contributed by atoms with E-state index in [-0.39, 0.29) is 12.6 Å². The number of hydrogen-bond acceptors (Lipinski definition) is 3. The Morgan fingerprint density at radius 2 is 1.76 bits per heavy atom. The average Bonchev–Trinajstić information content (AvgIpc) is 2.68. The molecule has 1 aromatic rings. The molecular weight excluding hydrogens is 362 g/mol. The molecule has 0 fully saturated rings. The second-order valence-corrected chi connectivity index (χ2v) is 9.76. The monoisotopic (exact) mass is 406 g/mol. The highest BCUT2D eigenvalue weighted by molar-refractivity contribution is 5.76. The number of esters is 1. The number of likely N-dealkylation sites (N-methyl/N-ethyl adjacent to an activating group) is 1. The largest absolute Gasteiger partial charge is 0.462 e. The summed E-state index contributed by atoms with van der Waals surface area (Å²) in [6.07, 6.45) is 5.97. The van der Waals surface area contributed by atoms with Crippen molar-refractivity contribution in [3.05, 3.63) is 35.9 Å². The number of aliphatic hydroxyl groups excluding tert-OH is 1. The zero-order valence-corrected chi connectivity index (χ0v) is 19.6. The Bertz CT molecular complexity index is 583. The van der Waals surface area contributed by atoms with Crippen molar-refractivity contribution in [2.45, 2.75) is 78.2 Å². The highest BCUT2D eigenvalue weighted by atomic mass is 16.5. The molecule has 0 heterocycles. The van der Waals surface area contributed by atoms with Gasteiger partial charge in [0.15, 0.2) is 0 Å². The molecule has 0 aliphatic carbocycles. The number of carbonyl (C=O) groups is 1. The van der Waals surface area contributed by atoms with Crippen LogP contribution in [0.4, 0.5) is 0 Å². The van der Waals surface area contributed by atoms with Crippen molar-refractivity contribution in [3.63, 3.8) is 0 Å². The van der Waals surface area contributed by atoms with Crippen LogP contribution < -0.4 is 0 Å². The van der Waals surface area contributed by atoms with Crippen molar-refractivity contribution in [1.29, 1.82) is 0 Å². The van der Waals surface area contributed by atoms with Crippen LogP contribution in [0.2, 0.25) is 0 Å². The lowest BCUT2D eigenvalue weighted by atomic mass is 9.79. The van der Waals surface area contributed by atoms with E-state index in [0.29, 0.717) is 12.5 Å². The summed E-state index contributed by atoms with van der Waals surface area (Å²) in [5.74, 6) is 0.0987. The lowest BCUT2D eigenvalue weighted by Gasteiger charge is -2.32. The maximum absolute atomic E-state index is 12.7. The van der Waals surface area contributed by atoms with Gasteiger partial charge in [0, 0.05) is 0 Å². The topological polar surface area (TPSA) is 46.5 Å². The van der Waals surface area contributed by atoms with E-state index in [1.165, 1.54) is 24.8 Å². The molecule has 2 atom stereocenters. The molecule has 0 aliphatic heterocycles. The number of unbranched alkanes of at least 4 members (excludes halogenated alkanes) is 3. The third-order valence-electron chi connectivity index (χ3n) is 5.80. The fraction of sp³-hybridized carbons (Fsp3) is 0.720. The number of ether oxygens (including phenoxy) is 1. The summed E-state index contributed by atoms with van der Waals surface area (Å²) in [5.41, 5.74) is 0.679. The zero-order valence-electron chi connectivity index (χ0n) is 19.6.